The number of carbonyl (C=O) groups is 2. The van der Waals surface area contributed by atoms with E-state index in [9.17, 15) is 9.59 Å². The van der Waals surface area contributed by atoms with Gasteiger partial charge in [0.25, 0.3) is 0 Å². The summed E-state index contributed by atoms with van der Waals surface area (Å²) < 4.78 is 5.76. The molecule has 1 spiro atoms. The number of nitrogens with two attached hydrogens (primary N) is 1. The molecule has 0 bridgehead atoms. The van der Waals surface area contributed by atoms with Crippen molar-refractivity contribution >= 4 is 12.0 Å². The van der Waals surface area contributed by atoms with E-state index in [1.165, 1.54) is 0 Å². The van der Waals surface area contributed by atoms with Gasteiger partial charge in [0, 0.05) is 65.2 Å². The molecular weight excluding hydrogens is 334 g/mol. The predicted octanol–water partition coefficient (Wildman–Crippen LogP) is -0.215. The third-order valence-electron chi connectivity index (χ3n) is 6.02. The van der Waals surface area contributed by atoms with Gasteiger partial charge in [-0.25, -0.2) is 4.79 Å². The topological polar surface area (TPSA) is 82.3 Å². The highest BCUT2D eigenvalue weighted by atomic mass is 16.6. The van der Waals surface area contributed by atoms with E-state index in [0.717, 1.165) is 45.8 Å². The monoisotopic (exact) mass is 367 g/mol. The van der Waals surface area contributed by atoms with E-state index in [-0.39, 0.29) is 12.0 Å². The lowest BCUT2D eigenvalue weighted by atomic mass is 9.91. The van der Waals surface area contributed by atoms with Crippen molar-refractivity contribution in [3.05, 3.63) is 0 Å². The van der Waals surface area contributed by atoms with Crippen LogP contribution in [-0.4, -0.2) is 109 Å². The lowest BCUT2D eigenvalue weighted by Crippen LogP contribution is -2.52. The average Bonchev–Trinajstić information content (AvgIpc) is 2.95. The van der Waals surface area contributed by atoms with Crippen LogP contribution in [0.4, 0.5) is 4.79 Å². The Hall–Kier alpha value is -1.38. The Balaban J connectivity index is 1.45. The van der Waals surface area contributed by atoms with Gasteiger partial charge in [-0.3, -0.25) is 9.69 Å². The molecule has 0 radical (unpaired) electrons. The highest BCUT2D eigenvalue weighted by Crippen LogP contribution is 2.33. The van der Waals surface area contributed by atoms with Crippen LogP contribution in [0, 0.1) is 0 Å². The first kappa shape index (κ1) is 19.4. The van der Waals surface area contributed by atoms with Crippen LogP contribution in [0.1, 0.15) is 26.7 Å². The zero-order valence-electron chi connectivity index (χ0n) is 16.2. The molecule has 3 heterocycles. The molecule has 26 heavy (non-hydrogen) atoms. The van der Waals surface area contributed by atoms with Crippen LogP contribution >= 0.6 is 0 Å². The Morgan fingerprint density at radius 1 is 1.12 bits per heavy atom. The number of amides is 2. The van der Waals surface area contributed by atoms with Gasteiger partial charge in [0.2, 0.25) is 5.91 Å². The van der Waals surface area contributed by atoms with Crippen LogP contribution in [0.25, 0.3) is 0 Å². The minimum atomic E-state index is -0.472. The maximum atomic E-state index is 12.3. The van der Waals surface area contributed by atoms with E-state index >= 15 is 0 Å². The third-order valence-corrected chi connectivity index (χ3v) is 6.02. The molecule has 0 aliphatic carbocycles. The fourth-order valence-corrected chi connectivity index (χ4v) is 4.14. The first-order valence-corrected chi connectivity index (χ1v) is 9.89. The second kappa shape index (κ2) is 8.10. The average molecular weight is 367 g/mol. The number of likely N-dealkylation sites (tertiary alicyclic amines) is 1. The lowest BCUT2D eigenvalue weighted by molar-refractivity contribution is -0.135. The molecule has 3 fully saturated rings. The Labute approximate surface area is 156 Å². The molecule has 3 aliphatic heterocycles. The molecule has 0 aromatic carbocycles. The molecule has 3 rings (SSSR count). The summed E-state index contributed by atoms with van der Waals surface area (Å²) in [7, 11) is 0. The van der Waals surface area contributed by atoms with E-state index in [2.05, 4.69) is 16.7 Å². The Bertz CT molecular complexity index is 511. The highest BCUT2D eigenvalue weighted by Gasteiger charge is 2.47. The maximum Gasteiger partial charge on any atom is 0.410 e. The molecule has 148 valence electrons. The molecule has 0 aromatic heterocycles. The number of rotatable bonds is 5. The summed E-state index contributed by atoms with van der Waals surface area (Å²) in [5, 5.41) is 0. The Morgan fingerprint density at radius 2 is 1.73 bits per heavy atom. The van der Waals surface area contributed by atoms with Gasteiger partial charge >= 0.3 is 6.09 Å². The zero-order chi connectivity index (χ0) is 18.7. The Kier molecular flexibility index (Phi) is 6.04. The predicted molar refractivity (Wildman–Crippen MR) is 98.8 cm³/mol. The lowest BCUT2D eigenvalue weighted by Gasteiger charge is -2.38. The van der Waals surface area contributed by atoms with Gasteiger partial charge in [-0.15, -0.1) is 0 Å². The van der Waals surface area contributed by atoms with Crippen molar-refractivity contribution in [2.75, 3.05) is 65.4 Å². The zero-order valence-corrected chi connectivity index (χ0v) is 16.2. The minimum Gasteiger partial charge on any atom is -0.441 e. The van der Waals surface area contributed by atoms with E-state index in [1.54, 1.807) is 11.8 Å². The Morgan fingerprint density at radius 3 is 2.31 bits per heavy atom. The smallest absolute Gasteiger partial charge is 0.410 e. The molecule has 8 heteroatoms. The molecule has 0 aromatic rings. The SMILES string of the molecule is CCN1CCN(CCN2CC3(CCN(C(=O)[C@@H](C)N)CC3)OC2=O)CC1. The minimum absolute atomic E-state index is 0.0211. The number of carbonyl (C=O) groups excluding carboxylic acids is 2. The third kappa shape index (κ3) is 4.29. The van der Waals surface area contributed by atoms with Gasteiger partial charge in [0.05, 0.1) is 12.6 Å². The summed E-state index contributed by atoms with van der Waals surface area (Å²) in [6.07, 6.45) is 1.19. The summed E-state index contributed by atoms with van der Waals surface area (Å²) in [6.45, 7) is 12.8. The summed E-state index contributed by atoms with van der Waals surface area (Å²) in [4.78, 5) is 32.9. The number of ether oxygens (including phenoxy) is 1. The van der Waals surface area contributed by atoms with E-state index in [4.69, 9.17) is 10.5 Å². The number of piperazine rings is 1. The van der Waals surface area contributed by atoms with Crippen molar-refractivity contribution < 1.29 is 14.3 Å². The summed E-state index contributed by atoms with van der Waals surface area (Å²) in [6, 6.07) is -0.472. The van der Waals surface area contributed by atoms with Crippen LogP contribution in [-0.2, 0) is 9.53 Å². The quantitative estimate of drug-likeness (QED) is 0.724. The van der Waals surface area contributed by atoms with Gasteiger partial charge in [0.1, 0.15) is 5.60 Å². The number of piperidine rings is 1. The summed E-state index contributed by atoms with van der Waals surface area (Å²) in [5.41, 5.74) is 5.27. The van der Waals surface area contributed by atoms with Crippen molar-refractivity contribution in [2.45, 2.75) is 38.3 Å². The molecule has 2 amide bonds. The number of hydrogen-bond acceptors (Lipinski definition) is 6. The van der Waals surface area contributed by atoms with E-state index in [0.29, 0.717) is 32.5 Å². The second-order valence-electron chi connectivity index (χ2n) is 7.86. The summed E-state index contributed by atoms with van der Waals surface area (Å²) >= 11 is 0. The van der Waals surface area contributed by atoms with Crippen molar-refractivity contribution in [1.29, 1.82) is 0 Å². The highest BCUT2D eigenvalue weighted by molar-refractivity contribution is 5.81. The van der Waals surface area contributed by atoms with Crippen molar-refractivity contribution in [2.24, 2.45) is 5.73 Å². The summed E-state index contributed by atoms with van der Waals surface area (Å²) in [5.74, 6) is -0.0211. The molecule has 3 saturated heterocycles. The molecule has 3 aliphatic rings. The molecule has 0 saturated carbocycles. The maximum absolute atomic E-state index is 12.3. The fraction of sp³-hybridized carbons (Fsp3) is 0.889. The van der Waals surface area contributed by atoms with Crippen LogP contribution in [0.2, 0.25) is 0 Å². The largest absolute Gasteiger partial charge is 0.441 e. The fourth-order valence-electron chi connectivity index (χ4n) is 4.14. The van der Waals surface area contributed by atoms with Crippen molar-refractivity contribution in [3.63, 3.8) is 0 Å². The van der Waals surface area contributed by atoms with Crippen LogP contribution in [0.15, 0.2) is 0 Å². The van der Waals surface area contributed by atoms with Crippen LogP contribution in [0.3, 0.4) is 0 Å². The number of likely N-dealkylation sites (N-methyl/N-ethyl adjacent to an activating group) is 1. The van der Waals surface area contributed by atoms with E-state index in [1.807, 2.05) is 4.90 Å². The number of hydrogen-bond donors (Lipinski definition) is 1. The van der Waals surface area contributed by atoms with Gasteiger partial charge in [-0.05, 0) is 13.5 Å². The van der Waals surface area contributed by atoms with Crippen LogP contribution < -0.4 is 5.73 Å². The standard InChI is InChI=1S/C18H33N5O3/c1-3-20-8-10-21(11-9-20)12-13-23-14-18(26-17(23)25)4-6-22(7-5-18)16(24)15(2)19/h15H,3-14,19H2,1-2H3/t15-/m1/s1. The molecule has 8 nitrogen and oxygen atoms in total. The molecule has 0 unspecified atom stereocenters. The molecule has 2 N–H and O–H groups in total. The normalized spacial score (nSPS) is 25.6. The second-order valence-corrected chi connectivity index (χ2v) is 7.86. The first-order valence-electron chi connectivity index (χ1n) is 9.89. The van der Waals surface area contributed by atoms with Gasteiger partial charge in [0.15, 0.2) is 0 Å². The first-order chi connectivity index (χ1) is 12.4. The van der Waals surface area contributed by atoms with Gasteiger partial charge in [-0.1, -0.05) is 6.92 Å². The van der Waals surface area contributed by atoms with Gasteiger partial charge < -0.3 is 25.2 Å². The van der Waals surface area contributed by atoms with E-state index < -0.39 is 11.6 Å². The van der Waals surface area contributed by atoms with Crippen molar-refractivity contribution in [1.82, 2.24) is 19.6 Å². The van der Waals surface area contributed by atoms with Crippen LogP contribution in [0.5, 0.6) is 0 Å². The van der Waals surface area contributed by atoms with Crippen molar-refractivity contribution in [3.8, 4) is 0 Å². The molecular formula is C18H33N5O3. The van der Waals surface area contributed by atoms with Gasteiger partial charge in [-0.2, -0.15) is 0 Å². The number of nitrogens with zero attached hydrogens (tertiary/aromatic N) is 4. The molecule has 1 atom stereocenters.